The summed E-state index contributed by atoms with van der Waals surface area (Å²) in [6.07, 6.45) is 0. The summed E-state index contributed by atoms with van der Waals surface area (Å²) in [5, 5.41) is 9.05. The second-order valence-electron chi connectivity index (χ2n) is 2.78. The zero-order valence-corrected chi connectivity index (χ0v) is 8.94. The van der Waals surface area contributed by atoms with Gasteiger partial charge in [0, 0.05) is 0 Å². The van der Waals surface area contributed by atoms with Crippen LogP contribution in [-0.4, -0.2) is 11.9 Å². The number of guanidine groups is 2. The van der Waals surface area contributed by atoms with Crippen molar-refractivity contribution in [3.8, 4) is 6.07 Å². The predicted octanol–water partition coefficient (Wildman–Crippen LogP) is 0.431. The van der Waals surface area contributed by atoms with Gasteiger partial charge in [-0.3, -0.25) is 0 Å². The Morgan fingerprint density at radius 2 is 2.00 bits per heavy atom. The predicted molar refractivity (Wildman–Crippen MR) is 63.3 cm³/mol. The van der Waals surface area contributed by atoms with Crippen LogP contribution in [-0.2, 0) is 0 Å². The third-order valence-electron chi connectivity index (χ3n) is 1.55. The minimum Gasteiger partial charge on any atom is -0.370 e. The summed E-state index contributed by atoms with van der Waals surface area (Å²) in [6, 6.07) is 6.55. The van der Waals surface area contributed by atoms with Crippen molar-refractivity contribution in [3.63, 3.8) is 0 Å². The van der Waals surface area contributed by atoms with Crippen LogP contribution in [0.1, 0.15) is 5.56 Å². The molecule has 0 aromatic heterocycles. The number of halogens is 1. The molecule has 0 atom stereocenters. The van der Waals surface area contributed by atoms with E-state index in [-0.39, 0.29) is 11.9 Å². The Morgan fingerprint density at radius 3 is 2.56 bits per heavy atom. The van der Waals surface area contributed by atoms with Crippen LogP contribution in [0.2, 0.25) is 5.02 Å². The average molecular weight is 237 g/mol. The Bertz CT molecular complexity index is 495. The fourth-order valence-corrected chi connectivity index (χ4v) is 1.11. The molecule has 0 aliphatic heterocycles. The molecule has 1 rings (SSSR count). The highest BCUT2D eigenvalue weighted by Crippen LogP contribution is 2.25. The van der Waals surface area contributed by atoms with Crippen LogP contribution in [0.5, 0.6) is 0 Å². The van der Waals surface area contributed by atoms with E-state index in [2.05, 4.69) is 9.98 Å². The number of hydrogen-bond donors (Lipinski definition) is 3. The summed E-state index contributed by atoms with van der Waals surface area (Å²) in [7, 11) is 0. The molecule has 6 N–H and O–H groups in total. The highest BCUT2D eigenvalue weighted by atomic mass is 35.5. The van der Waals surface area contributed by atoms with E-state index in [9.17, 15) is 0 Å². The van der Waals surface area contributed by atoms with E-state index in [4.69, 9.17) is 34.1 Å². The number of hydrogen-bond acceptors (Lipinski definition) is 2. The lowest BCUT2D eigenvalue weighted by Gasteiger charge is -1.99. The van der Waals surface area contributed by atoms with Gasteiger partial charge < -0.3 is 17.2 Å². The topological polar surface area (TPSA) is 127 Å². The highest BCUT2D eigenvalue weighted by molar-refractivity contribution is 6.33. The Hall–Kier alpha value is -2.26. The largest absolute Gasteiger partial charge is 0.370 e. The molecule has 0 amide bonds. The van der Waals surface area contributed by atoms with Crippen LogP contribution in [0.4, 0.5) is 5.69 Å². The zero-order valence-electron chi connectivity index (χ0n) is 8.18. The van der Waals surface area contributed by atoms with Crippen molar-refractivity contribution in [3.05, 3.63) is 28.8 Å². The molecule has 0 unspecified atom stereocenters. The monoisotopic (exact) mass is 236 g/mol. The SMILES string of the molecule is N#Cc1ccc(Cl)c(N=C(N)N=C(N)N)c1. The lowest BCUT2D eigenvalue weighted by atomic mass is 10.2. The smallest absolute Gasteiger partial charge is 0.223 e. The Labute approximate surface area is 97.0 Å². The summed E-state index contributed by atoms with van der Waals surface area (Å²) in [6.45, 7) is 0. The molecule has 0 aliphatic carbocycles. The van der Waals surface area contributed by atoms with Crippen LogP contribution >= 0.6 is 11.6 Å². The molecule has 0 fully saturated rings. The van der Waals surface area contributed by atoms with Crippen LogP contribution in [0, 0.1) is 11.3 Å². The van der Waals surface area contributed by atoms with Crippen molar-refractivity contribution in [2.75, 3.05) is 0 Å². The van der Waals surface area contributed by atoms with Gasteiger partial charge in [0.15, 0.2) is 5.96 Å². The minimum absolute atomic E-state index is 0.128. The standard InChI is InChI=1S/C9H9ClN6/c10-6-2-1-5(4-11)3-7(6)15-9(14)16-8(12)13/h1-3H,(H6,12,13,14,15,16). The molecule has 7 heteroatoms. The first kappa shape index (κ1) is 11.8. The maximum Gasteiger partial charge on any atom is 0.223 e. The first-order valence-corrected chi connectivity index (χ1v) is 4.54. The lowest BCUT2D eigenvalue weighted by Crippen LogP contribution is -2.26. The van der Waals surface area contributed by atoms with E-state index >= 15 is 0 Å². The van der Waals surface area contributed by atoms with Crippen molar-refractivity contribution in [2.24, 2.45) is 27.2 Å². The van der Waals surface area contributed by atoms with Crippen LogP contribution in [0.3, 0.4) is 0 Å². The van der Waals surface area contributed by atoms with Gasteiger partial charge in [0.25, 0.3) is 0 Å². The van der Waals surface area contributed by atoms with Crippen molar-refractivity contribution in [2.45, 2.75) is 0 Å². The molecule has 0 heterocycles. The first-order chi connectivity index (χ1) is 7.52. The summed E-state index contributed by atoms with van der Waals surface area (Å²) >= 11 is 5.85. The highest BCUT2D eigenvalue weighted by Gasteiger charge is 2.01. The van der Waals surface area contributed by atoms with E-state index in [1.54, 1.807) is 12.1 Å². The van der Waals surface area contributed by atoms with Gasteiger partial charge in [0.1, 0.15) is 0 Å². The van der Waals surface area contributed by atoms with Gasteiger partial charge in [-0.2, -0.15) is 10.3 Å². The second kappa shape index (κ2) is 5.00. The van der Waals surface area contributed by atoms with Crippen molar-refractivity contribution in [1.29, 1.82) is 5.26 Å². The quantitative estimate of drug-likeness (QED) is 0.483. The first-order valence-electron chi connectivity index (χ1n) is 4.16. The van der Waals surface area contributed by atoms with E-state index in [0.29, 0.717) is 16.3 Å². The Kier molecular flexibility index (Phi) is 3.69. The van der Waals surface area contributed by atoms with Crippen LogP contribution in [0.25, 0.3) is 0 Å². The molecular weight excluding hydrogens is 228 g/mol. The number of nitrogens with two attached hydrogens (primary N) is 3. The van der Waals surface area contributed by atoms with Crippen molar-refractivity contribution >= 4 is 29.2 Å². The Balaban J connectivity index is 3.15. The molecule has 1 aromatic rings. The van der Waals surface area contributed by atoms with E-state index < -0.39 is 0 Å². The van der Waals surface area contributed by atoms with E-state index in [0.717, 1.165) is 0 Å². The van der Waals surface area contributed by atoms with Gasteiger partial charge in [-0.15, -0.1) is 0 Å². The molecule has 0 saturated heterocycles. The summed E-state index contributed by atoms with van der Waals surface area (Å²) in [5.74, 6) is -0.328. The fraction of sp³-hybridized carbons (Fsp3) is 0. The minimum atomic E-state index is -0.200. The second-order valence-corrected chi connectivity index (χ2v) is 3.19. The molecule has 0 saturated carbocycles. The normalized spacial score (nSPS) is 10.6. The molecule has 82 valence electrons. The summed E-state index contributed by atoms with van der Waals surface area (Å²) in [5.41, 5.74) is 16.4. The van der Waals surface area contributed by atoms with Gasteiger partial charge in [-0.1, -0.05) is 11.6 Å². The molecule has 16 heavy (non-hydrogen) atoms. The molecular formula is C9H9ClN6. The zero-order chi connectivity index (χ0) is 12.1. The van der Waals surface area contributed by atoms with E-state index in [1.807, 2.05) is 6.07 Å². The maximum absolute atomic E-state index is 8.69. The third-order valence-corrected chi connectivity index (χ3v) is 1.87. The van der Waals surface area contributed by atoms with Crippen molar-refractivity contribution in [1.82, 2.24) is 0 Å². The molecule has 0 spiro atoms. The summed E-state index contributed by atoms with van der Waals surface area (Å²) < 4.78 is 0. The number of nitrogens with zero attached hydrogens (tertiary/aromatic N) is 3. The van der Waals surface area contributed by atoms with Gasteiger partial charge in [-0.25, -0.2) is 4.99 Å². The third kappa shape index (κ3) is 3.15. The van der Waals surface area contributed by atoms with Crippen LogP contribution < -0.4 is 17.2 Å². The molecule has 0 bridgehead atoms. The number of rotatable bonds is 1. The summed E-state index contributed by atoms with van der Waals surface area (Å²) in [4.78, 5) is 7.40. The number of benzene rings is 1. The average Bonchev–Trinajstić information content (AvgIpc) is 2.20. The van der Waals surface area contributed by atoms with Gasteiger partial charge >= 0.3 is 0 Å². The molecule has 0 radical (unpaired) electrons. The Morgan fingerprint density at radius 1 is 1.31 bits per heavy atom. The molecule has 0 aliphatic rings. The molecule has 1 aromatic carbocycles. The maximum atomic E-state index is 8.69. The molecule has 6 nitrogen and oxygen atoms in total. The fourth-order valence-electron chi connectivity index (χ4n) is 0.949. The number of nitriles is 1. The van der Waals surface area contributed by atoms with Crippen LogP contribution in [0.15, 0.2) is 28.2 Å². The number of aliphatic imine (C=N–C) groups is 2. The van der Waals surface area contributed by atoms with Crippen molar-refractivity contribution < 1.29 is 0 Å². The van der Waals surface area contributed by atoms with E-state index in [1.165, 1.54) is 6.07 Å². The van der Waals surface area contributed by atoms with Gasteiger partial charge in [0.05, 0.1) is 22.3 Å². The van der Waals surface area contributed by atoms with Gasteiger partial charge in [0.2, 0.25) is 5.96 Å². The van der Waals surface area contributed by atoms with Gasteiger partial charge in [-0.05, 0) is 18.2 Å². The lowest BCUT2D eigenvalue weighted by molar-refractivity contribution is 1.37.